The fraction of sp³-hybridized carbons (Fsp3) is 0.500. The van der Waals surface area contributed by atoms with Crippen LogP contribution in [0.25, 0.3) is 0 Å². The summed E-state index contributed by atoms with van der Waals surface area (Å²) in [6, 6.07) is 2.47. The molecule has 4 rings (SSSR count). The smallest absolute Gasteiger partial charge is 0.253 e. The van der Waals surface area contributed by atoms with Gasteiger partial charge in [0.2, 0.25) is 5.91 Å². The van der Waals surface area contributed by atoms with Crippen LogP contribution in [0.15, 0.2) is 21.7 Å². The number of sulfonamides is 1. The van der Waals surface area contributed by atoms with E-state index >= 15 is 0 Å². The molecule has 7 nitrogen and oxygen atoms in total. The van der Waals surface area contributed by atoms with Gasteiger partial charge in [0.15, 0.2) is 10.9 Å². The fourth-order valence-electron chi connectivity index (χ4n) is 3.78. The zero-order valence-electron chi connectivity index (χ0n) is 15.6. The molecule has 1 aliphatic heterocycles. The Hall–Kier alpha value is -1.62. The number of fused-ring (bicyclic) bond motifs is 1. The first kappa shape index (κ1) is 19.7. The van der Waals surface area contributed by atoms with Gasteiger partial charge >= 0.3 is 0 Å². The van der Waals surface area contributed by atoms with Gasteiger partial charge in [-0.25, -0.2) is 13.4 Å². The summed E-state index contributed by atoms with van der Waals surface area (Å²) in [5.74, 6) is -0.345. The molecule has 28 heavy (non-hydrogen) atoms. The van der Waals surface area contributed by atoms with Crippen molar-refractivity contribution in [3.63, 3.8) is 0 Å². The Morgan fingerprint density at radius 3 is 2.86 bits per heavy atom. The quantitative estimate of drug-likeness (QED) is 0.789. The number of Topliss-reactive ketones (excluding diaryl/α,β-unsaturated/α-hetero) is 1. The first-order chi connectivity index (χ1) is 13.2. The second kappa shape index (κ2) is 7.01. The number of carbonyl (C=O) groups is 2. The van der Waals surface area contributed by atoms with Crippen molar-refractivity contribution in [1.29, 1.82) is 0 Å². The Morgan fingerprint density at radius 2 is 2.14 bits per heavy atom. The van der Waals surface area contributed by atoms with E-state index < -0.39 is 22.0 Å². The summed E-state index contributed by atoms with van der Waals surface area (Å²) in [4.78, 5) is 30.2. The predicted octanol–water partition coefficient (Wildman–Crippen LogP) is 3.15. The molecule has 1 saturated heterocycles. The van der Waals surface area contributed by atoms with Crippen LogP contribution in [0.1, 0.15) is 48.5 Å². The summed E-state index contributed by atoms with van der Waals surface area (Å²) in [6.07, 6.45) is 2.24. The van der Waals surface area contributed by atoms with Crippen LogP contribution in [0, 0.1) is 5.41 Å². The SMILES string of the molecule is CC1(C)CC(=O)c2sc(NC(=O)[C@H]3CCCN3S(=O)(=O)c3cccs3)nc2C1. The van der Waals surface area contributed by atoms with E-state index in [2.05, 4.69) is 10.3 Å². The van der Waals surface area contributed by atoms with Crippen LogP contribution >= 0.6 is 22.7 Å². The lowest BCUT2D eigenvalue weighted by molar-refractivity contribution is -0.119. The second-order valence-corrected chi connectivity index (χ2v) is 12.0. The predicted molar refractivity (Wildman–Crippen MR) is 108 cm³/mol. The van der Waals surface area contributed by atoms with Gasteiger partial charge in [0.05, 0.1) is 10.6 Å². The number of amides is 1. The maximum atomic E-state index is 12.8. The Bertz CT molecular complexity index is 1020. The molecular formula is C18H21N3O4S3. The van der Waals surface area contributed by atoms with Gasteiger partial charge in [-0.05, 0) is 36.1 Å². The molecule has 0 aromatic carbocycles. The molecule has 1 amide bonds. The number of hydrogen-bond donors (Lipinski definition) is 1. The number of thiophene rings is 1. The van der Waals surface area contributed by atoms with Gasteiger partial charge in [-0.3, -0.25) is 9.59 Å². The normalized spacial score (nSPS) is 22.2. The minimum Gasteiger partial charge on any atom is -0.301 e. The average Bonchev–Trinajstić information content (AvgIpc) is 3.34. The molecule has 2 aromatic rings. The number of carbonyl (C=O) groups excluding carboxylic acids is 2. The highest BCUT2D eigenvalue weighted by atomic mass is 32.2. The van der Waals surface area contributed by atoms with E-state index in [9.17, 15) is 18.0 Å². The molecule has 2 aliphatic rings. The topological polar surface area (TPSA) is 96.4 Å². The maximum Gasteiger partial charge on any atom is 0.253 e. The van der Waals surface area contributed by atoms with E-state index in [4.69, 9.17) is 0 Å². The fourth-order valence-corrected chi connectivity index (χ4v) is 7.48. The van der Waals surface area contributed by atoms with Gasteiger partial charge in [-0.15, -0.1) is 11.3 Å². The highest BCUT2D eigenvalue weighted by molar-refractivity contribution is 7.91. The Balaban J connectivity index is 1.54. The first-order valence-corrected chi connectivity index (χ1v) is 12.2. The molecule has 3 heterocycles. The van der Waals surface area contributed by atoms with Crippen molar-refractivity contribution < 1.29 is 18.0 Å². The van der Waals surface area contributed by atoms with Gasteiger partial charge < -0.3 is 5.32 Å². The highest BCUT2D eigenvalue weighted by Gasteiger charge is 2.40. The van der Waals surface area contributed by atoms with E-state index in [1.54, 1.807) is 17.5 Å². The van der Waals surface area contributed by atoms with Crippen LogP contribution in [0.2, 0.25) is 0 Å². The number of nitrogens with one attached hydrogen (secondary N) is 1. The van der Waals surface area contributed by atoms with Gasteiger partial charge in [0.1, 0.15) is 10.3 Å². The van der Waals surface area contributed by atoms with Crippen molar-refractivity contribution in [1.82, 2.24) is 9.29 Å². The van der Waals surface area contributed by atoms with E-state index in [1.807, 2.05) is 13.8 Å². The van der Waals surface area contributed by atoms with Crippen LogP contribution in [0.4, 0.5) is 5.13 Å². The molecule has 0 saturated carbocycles. The lowest BCUT2D eigenvalue weighted by Gasteiger charge is -2.26. The summed E-state index contributed by atoms with van der Waals surface area (Å²) in [6.45, 7) is 4.37. The number of nitrogens with zero attached hydrogens (tertiary/aromatic N) is 2. The van der Waals surface area contributed by atoms with Gasteiger partial charge in [0.25, 0.3) is 10.0 Å². The van der Waals surface area contributed by atoms with Crippen molar-refractivity contribution >= 4 is 49.5 Å². The maximum absolute atomic E-state index is 12.8. The summed E-state index contributed by atoms with van der Waals surface area (Å²) < 4.78 is 27.2. The molecule has 1 N–H and O–H groups in total. The number of thiazole rings is 1. The van der Waals surface area contributed by atoms with Gasteiger partial charge in [-0.1, -0.05) is 31.3 Å². The molecule has 0 spiro atoms. The van der Waals surface area contributed by atoms with Crippen LogP contribution in [0.3, 0.4) is 0 Å². The number of hydrogen-bond acceptors (Lipinski definition) is 7. The minimum absolute atomic E-state index is 0.0482. The van der Waals surface area contributed by atoms with E-state index in [1.165, 1.54) is 15.6 Å². The third-order valence-corrected chi connectivity index (χ3v) is 9.37. The van der Waals surface area contributed by atoms with Crippen molar-refractivity contribution in [2.24, 2.45) is 5.41 Å². The van der Waals surface area contributed by atoms with Crippen LogP contribution in [-0.2, 0) is 21.2 Å². The summed E-state index contributed by atoms with van der Waals surface area (Å²) in [5, 5.41) is 4.82. The molecule has 1 atom stereocenters. The average molecular weight is 440 g/mol. The number of ketones is 1. The molecule has 150 valence electrons. The highest BCUT2D eigenvalue weighted by Crippen LogP contribution is 2.38. The third kappa shape index (κ3) is 3.54. The van der Waals surface area contributed by atoms with Crippen molar-refractivity contribution in [3.8, 4) is 0 Å². The summed E-state index contributed by atoms with van der Waals surface area (Å²) >= 11 is 2.32. The van der Waals surface area contributed by atoms with E-state index in [0.717, 1.165) is 17.0 Å². The van der Waals surface area contributed by atoms with E-state index in [-0.39, 0.29) is 15.4 Å². The third-order valence-electron chi connectivity index (χ3n) is 5.03. The molecule has 1 fully saturated rings. The van der Waals surface area contributed by atoms with Gasteiger partial charge in [-0.2, -0.15) is 4.31 Å². The lowest BCUT2D eigenvalue weighted by Crippen LogP contribution is -2.42. The molecule has 1 aliphatic carbocycles. The standard InChI is InChI=1S/C18H21N3O4S3/c1-18(2)9-11-15(13(22)10-18)27-17(19-11)20-16(23)12-5-3-7-21(12)28(24,25)14-6-4-8-26-14/h4,6,8,12H,3,5,7,9-10H2,1-2H3,(H,19,20,23)/t12-/m1/s1. The van der Waals surface area contributed by atoms with Crippen LogP contribution in [0.5, 0.6) is 0 Å². The largest absolute Gasteiger partial charge is 0.301 e. The lowest BCUT2D eigenvalue weighted by atomic mass is 9.78. The Kier molecular flexibility index (Phi) is 4.93. The van der Waals surface area contributed by atoms with Crippen molar-refractivity contribution in [2.75, 3.05) is 11.9 Å². The van der Waals surface area contributed by atoms with Crippen LogP contribution < -0.4 is 5.32 Å². The molecule has 10 heteroatoms. The molecule has 0 unspecified atom stereocenters. The zero-order valence-corrected chi connectivity index (χ0v) is 18.0. The number of rotatable bonds is 4. The number of aromatic nitrogens is 1. The first-order valence-electron chi connectivity index (χ1n) is 9.06. The molecule has 0 radical (unpaired) electrons. The molecule has 2 aromatic heterocycles. The Morgan fingerprint density at radius 1 is 1.36 bits per heavy atom. The molecular weight excluding hydrogens is 418 g/mol. The van der Waals surface area contributed by atoms with Crippen LogP contribution in [-0.4, -0.2) is 42.0 Å². The van der Waals surface area contributed by atoms with Gasteiger partial charge in [0, 0.05) is 13.0 Å². The van der Waals surface area contributed by atoms with Crippen molar-refractivity contribution in [3.05, 3.63) is 28.1 Å². The molecule has 0 bridgehead atoms. The van der Waals surface area contributed by atoms with E-state index in [0.29, 0.717) is 42.2 Å². The number of anilines is 1. The second-order valence-electron chi connectivity index (χ2n) is 7.93. The van der Waals surface area contributed by atoms with Crippen molar-refractivity contribution in [2.45, 2.75) is 49.8 Å². The summed E-state index contributed by atoms with van der Waals surface area (Å²) in [5.41, 5.74) is 0.576. The zero-order chi connectivity index (χ0) is 20.1. The Labute approximate surface area is 171 Å². The monoisotopic (exact) mass is 439 g/mol. The summed E-state index contributed by atoms with van der Waals surface area (Å²) in [7, 11) is -3.69. The minimum atomic E-state index is -3.69.